The molecule has 0 saturated heterocycles. The van der Waals surface area contributed by atoms with Crippen LogP contribution in [0, 0.1) is 0 Å². The molecule has 0 bridgehead atoms. The number of nitrogens with zero attached hydrogens (tertiary/aromatic N) is 1. The van der Waals surface area contributed by atoms with Crippen molar-refractivity contribution in [3.63, 3.8) is 0 Å². The SMILES string of the molecule is COc1ncc(CCN)s1. The normalized spacial score (nSPS) is 9.80. The van der Waals surface area contributed by atoms with Crippen LogP contribution in [-0.2, 0) is 6.42 Å². The van der Waals surface area contributed by atoms with Crippen molar-refractivity contribution in [2.75, 3.05) is 13.7 Å². The molecule has 0 fully saturated rings. The van der Waals surface area contributed by atoms with Gasteiger partial charge >= 0.3 is 0 Å². The van der Waals surface area contributed by atoms with Crippen molar-refractivity contribution in [1.82, 2.24) is 4.98 Å². The highest BCUT2D eigenvalue weighted by molar-refractivity contribution is 7.13. The second-order valence-corrected chi connectivity index (χ2v) is 2.91. The van der Waals surface area contributed by atoms with Crippen LogP contribution in [0.4, 0.5) is 0 Å². The Hall–Kier alpha value is -0.610. The van der Waals surface area contributed by atoms with Gasteiger partial charge in [-0.3, -0.25) is 0 Å². The van der Waals surface area contributed by atoms with Crippen LogP contribution in [0.5, 0.6) is 5.19 Å². The molecule has 0 aromatic carbocycles. The summed E-state index contributed by atoms with van der Waals surface area (Å²) in [5.41, 5.74) is 5.35. The van der Waals surface area contributed by atoms with Crippen molar-refractivity contribution in [2.45, 2.75) is 6.42 Å². The number of rotatable bonds is 3. The molecule has 0 radical (unpaired) electrons. The standard InChI is InChI=1S/C6H10N2OS/c1-9-6-8-4-5(10-6)2-3-7/h4H,2-3,7H2,1H3. The molecule has 0 aliphatic carbocycles. The summed E-state index contributed by atoms with van der Waals surface area (Å²) in [4.78, 5) is 5.17. The Kier molecular flexibility index (Phi) is 2.65. The second kappa shape index (κ2) is 3.53. The van der Waals surface area contributed by atoms with Gasteiger partial charge < -0.3 is 10.5 Å². The van der Waals surface area contributed by atoms with E-state index in [-0.39, 0.29) is 0 Å². The molecule has 0 unspecified atom stereocenters. The average molecular weight is 158 g/mol. The van der Waals surface area contributed by atoms with Crippen molar-refractivity contribution in [1.29, 1.82) is 0 Å². The molecule has 1 aromatic heterocycles. The Morgan fingerprint density at radius 1 is 1.80 bits per heavy atom. The maximum atomic E-state index is 5.35. The van der Waals surface area contributed by atoms with Crippen molar-refractivity contribution < 1.29 is 4.74 Å². The number of thiazole rings is 1. The van der Waals surface area contributed by atoms with Crippen LogP contribution >= 0.6 is 11.3 Å². The Bertz CT molecular complexity index is 199. The molecular weight excluding hydrogens is 148 g/mol. The van der Waals surface area contributed by atoms with Crippen LogP contribution in [0.2, 0.25) is 0 Å². The van der Waals surface area contributed by atoms with Crippen LogP contribution in [-0.4, -0.2) is 18.6 Å². The predicted molar refractivity (Wildman–Crippen MR) is 41.4 cm³/mol. The first-order chi connectivity index (χ1) is 4.86. The Labute approximate surface area is 63.8 Å². The molecule has 0 saturated carbocycles. The van der Waals surface area contributed by atoms with Gasteiger partial charge in [-0.1, -0.05) is 11.3 Å². The fourth-order valence-corrected chi connectivity index (χ4v) is 1.38. The van der Waals surface area contributed by atoms with E-state index < -0.39 is 0 Å². The summed E-state index contributed by atoms with van der Waals surface area (Å²) in [5.74, 6) is 0. The molecule has 1 heterocycles. The highest BCUT2D eigenvalue weighted by atomic mass is 32.1. The van der Waals surface area contributed by atoms with Crippen LogP contribution in [0.3, 0.4) is 0 Å². The van der Waals surface area contributed by atoms with Gasteiger partial charge in [-0.05, 0) is 13.0 Å². The number of aromatic nitrogens is 1. The fraction of sp³-hybridized carbons (Fsp3) is 0.500. The molecule has 3 nitrogen and oxygen atoms in total. The quantitative estimate of drug-likeness (QED) is 0.702. The maximum Gasteiger partial charge on any atom is 0.273 e. The van der Waals surface area contributed by atoms with Gasteiger partial charge in [0, 0.05) is 11.1 Å². The third-order valence-electron chi connectivity index (χ3n) is 1.10. The minimum absolute atomic E-state index is 0.672. The van der Waals surface area contributed by atoms with Gasteiger partial charge in [0.05, 0.1) is 7.11 Å². The van der Waals surface area contributed by atoms with Crippen LogP contribution < -0.4 is 10.5 Å². The van der Waals surface area contributed by atoms with E-state index in [4.69, 9.17) is 10.5 Å². The zero-order valence-electron chi connectivity index (χ0n) is 5.83. The topological polar surface area (TPSA) is 48.1 Å². The summed E-state index contributed by atoms with van der Waals surface area (Å²) in [6.07, 6.45) is 2.69. The van der Waals surface area contributed by atoms with Crippen molar-refractivity contribution >= 4 is 11.3 Å². The first kappa shape index (κ1) is 7.50. The van der Waals surface area contributed by atoms with Crippen LogP contribution in [0.25, 0.3) is 0 Å². The highest BCUT2D eigenvalue weighted by Gasteiger charge is 1.98. The van der Waals surface area contributed by atoms with E-state index >= 15 is 0 Å². The molecule has 0 amide bonds. The molecule has 1 rings (SSSR count). The molecular formula is C6H10N2OS. The monoisotopic (exact) mass is 158 g/mol. The van der Waals surface area contributed by atoms with Crippen molar-refractivity contribution in [2.24, 2.45) is 5.73 Å². The molecule has 0 aliphatic heterocycles. The Morgan fingerprint density at radius 3 is 3.10 bits per heavy atom. The molecule has 2 N–H and O–H groups in total. The van der Waals surface area contributed by atoms with Gasteiger partial charge in [-0.25, -0.2) is 4.98 Å². The molecule has 4 heteroatoms. The van der Waals surface area contributed by atoms with Gasteiger partial charge in [0.25, 0.3) is 5.19 Å². The molecule has 0 aliphatic rings. The lowest BCUT2D eigenvalue weighted by molar-refractivity contribution is 0.412. The van der Waals surface area contributed by atoms with Crippen molar-refractivity contribution in [3.8, 4) is 5.19 Å². The van der Waals surface area contributed by atoms with Gasteiger partial charge in [-0.2, -0.15) is 0 Å². The number of hydrogen-bond donors (Lipinski definition) is 1. The number of nitrogens with two attached hydrogens (primary N) is 1. The Morgan fingerprint density at radius 2 is 2.60 bits per heavy atom. The predicted octanol–water partition coefficient (Wildman–Crippen LogP) is 0.653. The van der Waals surface area contributed by atoms with E-state index in [1.54, 1.807) is 24.6 Å². The van der Waals surface area contributed by atoms with E-state index in [1.165, 1.54) is 4.88 Å². The van der Waals surface area contributed by atoms with Gasteiger partial charge in [0.15, 0.2) is 0 Å². The lowest BCUT2D eigenvalue weighted by Gasteiger charge is -1.88. The maximum absolute atomic E-state index is 5.35. The summed E-state index contributed by atoms with van der Waals surface area (Å²) in [6, 6.07) is 0. The lowest BCUT2D eigenvalue weighted by Crippen LogP contribution is -2.00. The van der Waals surface area contributed by atoms with Gasteiger partial charge in [0.1, 0.15) is 0 Å². The zero-order chi connectivity index (χ0) is 7.40. The number of methoxy groups -OCH3 is 1. The van der Waals surface area contributed by atoms with E-state index in [0.717, 1.165) is 6.42 Å². The third kappa shape index (κ3) is 1.68. The smallest absolute Gasteiger partial charge is 0.273 e. The van der Waals surface area contributed by atoms with Gasteiger partial charge in [-0.15, -0.1) is 0 Å². The zero-order valence-corrected chi connectivity index (χ0v) is 6.65. The molecule has 10 heavy (non-hydrogen) atoms. The summed E-state index contributed by atoms with van der Waals surface area (Å²) in [6.45, 7) is 0.672. The molecule has 0 atom stereocenters. The summed E-state index contributed by atoms with van der Waals surface area (Å²) in [7, 11) is 1.62. The van der Waals surface area contributed by atoms with Crippen LogP contribution in [0.15, 0.2) is 6.20 Å². The van der Waals surface area contributed by atoms with E-state index in [2.05, 4.69) is 4.98 Å². The summed E-state index contributed by atoms with van der Waals surface area (Å²) >= 11 is 1.54. The van der Waals surface area contributed by atoms with E-state index in [9.17, 15) is 0 Å². The summed E-state index contributed by atoms with van der Waals surface area (Å²) < 4.78 is 4.91. The van der Waals surface area contributed by atoms with Gasteiger partial charge in [0.2, 0.25) is 0 Å². The van der Waals surface area contributed by atoms with Crippen LogP contribution in [0.1, 0.15) is 4.88 Å². The molecule has 56 valence electrons. The number of ether oxygens (including phenoxy) is 1. The summed E-state index contributed by atoms with van der Waals surface area (Å²) in [5, 5.41) is 0.712. The van der Waals surface area contributed by atoms with Crippen molar-refractivity contribution in [3.05, 3.63) is 11.1 Å². The first-order valence-electron chi connectivity index (χ1n) is 3.05. The molecule has 0 spiro atoms. The fourth-order valence-electron chi connectivity index (χ4n) is 0.642. The highest BCUT2D eigenvalue weighted by Crippen LogP contribution is 2.19. The lowest BCUT2D eigenvalue weighted by atomic mass is 10.4. The average Bonchev–Trinajstić information content (AvgIpc) is 2.37. The number of hydrogen-bond acceptors (Lipinski definition) is 4. The third-order valence-corrected chi connectivity index (χ3v) is 2.12. The van der Waals surface area contributed by atoms with E-state index in [0.29, 0.717) is 11.7 Å². The Balaban J connectivity index is 2.59. The first-order valence-corrected chi connectivity index (χ1v) is 3.87. The molecule has 1 aromatic rings. The minimum atomic E-state index is 0.672. The largest absolute Gasteiger partial charge is 0.473 e. The second-order valence-electron chi connectivity index (χ2n) is 1.84. The minimum Gasteiger partial charge on any atom is -0.473 e. The van der Waals surface area contributed by atoms with E-state index in [1.807, 2.05) is 0 Å².